The summed E-state index contributed by atoms with van der Waals surface area (Å²) in [6.07, 6.45) is 2.28. The Morgan fingerprint density at radius 1 is 1.54 bits per heavy atom. The number of carbonyl (C=O) groups is 1. The van der Waals surface area contributed by atoms with Crippen LogP contribution < -0.4 is 0 Å². The van der Waals surface area contributed by atoms with Crippen molar-refractivity contribution in [1.29, 1.82) is 0 Å². The van der Waals surface area contributed by atoms with Crippen LogP contribution in [0.1, 0.15) is 26.8 Å². The number of nitrogens with zero attached hydrogens (tertiary/aromatic N) is 1. The molecule has 0 aliphatic heterocycles. The van der Waals surface area contributed by atoms with Crippen LogP contribution in [-0.2, 0) is 6.42 Å². The lowest BCUT2D eigenvalue weighted by Gasteiger charge is -2.09. The lowest BCUT2D eigenvalue weighted by molar-refractivity contribution is 0.102. The quantitative estimate of drug-likeness (QED) is 0.509. The van der Waals surface area contributed by atoms with Gasteiger partial charge in [0.25, 0.3) is 0 Å². The molecule has 1 aromatic rings. The number of Topliss-reactive ketones (excluding diaryl/α,β-unsaturated/α-hetero) is 1. The topological polar surface area (TPSA) is 50.2 Å². The van der Waals surface area contributed by atoms with Crippen LogP contribution in [0.15, 0.2) is 11.8 Å². The molecule has 0 saturated heterocycles. The molecular weight excluding hydrogens is 186 g/mol. The molecule has 0 atom stereocenters. The van der Waals surface area contributed by atoms with E-state index >= 15 is 0 Å². The third kappa shape index (κ3) is 1.27. The van der Waals surface area contributed by atoms with Crippen molar-refractivity contribution in [2.24, 2.45) is 0 Å². The molecule has 3 nitrogen and oxygen atoms in total. The van der Waals surface area contributed by atoms with Crippen LogP contribution in [0.25, 0.3) is 0 Å². The van der Waals surface area contributed by atoms with E-state index in [9.17, 15) is 4.79 Å². The Hall–Kier alpha value is -1.16. The zero-order chi connectivity index (χ0) is 9.42. The predicted molar refractivity (Wildman–Crippen MR) is 50.2 cm³/mol. The van der Waals surface area contributed by atoms with Gasteiger partial charge in [0.15, 0.2) is 0 Å². The summed E-state index contributed by atoms with van der Waals surface area (Å²) in [5.41, 5.74) is 1.38. The smallest absolute Gasteiger partial charge is 0.203 e. The number of hydrogen-bond donors (Lipinski definition) is 1. The number of hydrogen-bond acceptors (Lipinski definition) is 4. The predicted octanol–water partition coefficient (Wildman–Crippen LogP) is 2.02. The van der Waals surface area contributed by atoms with Crippen LogP contribution in [0.2, 0.25) is 0 Å². The Kier molecular flexibility index (Phi) is 1.92. The summed E-state index contributed by atoms with van der Waals surface area (Å²) in [5, 5.41) is 9.71. The number of aliphatic hydroxyl groups is 1. The van der Waals surface area contributed by atoms with Gasteiger partial charge in [0.1, 0.15) is 0 Å². The van der Waals surface area contributed by atoms with E-state index in [-0.39, 0.29) is 5.78 Å². The Balaban J connectivity index is 2.50. The second-order valence-corrected chi connectivity index (χ2v) is 4.20. The second-order valence-electron chi connectivity index (χ2n) is 2.99. The fourth-order valence-corrected chi connectivity index (χ4v) is 2.39. The lowest BCUT2D eigenvalue weighted by Crippen LogP contribution is -2.12. The average molecular weight is 195 g/mol. The first-order chi connectivity index (χ1) is 6.22. The Bertz CT molecular complexity index is 392. The third-order valence-corrected chi connectivity index (χ3v) is 3.10. The van der Waals surface area contributed by atoms with Gasteiger partial charge in [-0.2, -0.15) is 0 Å². The van der Waals surface area contributed by atoms with Crippen molar-refractivity contribution < 1.29 is 9.90 Å². The molecule has 68 valence electrons. The van der Waals surface area contributed by atoms with Crippen LogP contribution in [0.4, 0.5) is 0 Å². The molecule has 0 radical (unpaired) electrons. The van der Waals surface area contributed by atoms with Crippen LogP contribution in [0, 0.1) is 6.92 Å². The monoisotopic (exact) mass is 195 g/mol. The molecule has 0 fully saturated rings. The van der Waals surface area contributed by atoms with Crippen LogP contribution in [0.5, 0.6) is 0 Å². The van der Waals surface area contributed by atoms with Crippen molar-refractivity contribution in [3.05, 3.63) is 27.4 Å². The van der Waals surface area contributed by atoms with E-state index in [1.54, 1.807) is 0 Å². The molecule has 1 N–H and O–H groups in total. The number of carbonyl (C=O) groups excluding carboxylic acids is 1. The Morgan fingerprint density at radius 2 is 2.31 bits per heavy atom. The first-order valence-electron chi connectivity index (χ1n) is 4.06. The summed E-state index contributed by atoms with van der Waals surface area (Å²) in [4.78, 5) is 16.6. The van der Waals surface area contributed by atoms with Crippen molar-refractivity contribution in [1.82, 2.24) is 4.98 Å². The molecule has 1 aromatic heterocycles. The van der Waals surface area contributed by atoms with Crippen molar-refractivity contribution >= 4 is 17.1 Å². The normalized spacial score (nSPS) is 19.2. The first kappa shape index (κ1) is 8.44. The van der Waals surface area contributed by atoms with E-state index in [2.05, 4.69) is 4.98 Å². The first-order valence-corrected chi connectivity index (χ1v) is 4.88. The second kappa shape index (κ2) is 2.96. The average Bonchev–Trinajstić information content (AvgIpc) is 2.47. The highest BCUT2D eigenvalue weighted by molar-refractivity contribution is 7.14. The van der Waals surface area contributed by atoms with Crippen molar-refractivity contribution in [2.75, 3.05) is 0 Å². The molecule has 0 aromatic carbocycles. The molecule has 0 spiro atoms. The fourth-order valence-electron chi connectivity index (χ4n) is 1.45. The van der Waals surface area contributed by atoms with Gasteiger partial charge < -0.3 is 5.11 Å². The summed E-state index contributed by atoms with van der Waals surface area (Å²) >= 11 is 1.40. The van der Waals surface area contributed by atoms with E-state index < -0.39 is 0 Å². The van der Waals surface area contributed by atoms with Gasteiger partial charge in [0, 0.05) is 5.57 Å². The van der Waals surface area contributed by atoms with E-state index in [0.29, 0.717) is 16.9 Å². The standard InChI is InChI=1S/C9H9NO2S/c1-5-10-7-3-2-6(4-11)8(12)9(7)13-5/h4,11H,2-3H2,1H3/b6-4+. The van der Waals surface area contributed by atoms with E-state index in [1.807, 2.05) is 6.92 Å². The minimum Gasteiger partial charge on any atom is -0.515 e. The largest absolute Gasteiger partial charge is 0.515 e. The van der Waals surface area contributed by atoms with E-state index in [1.165, 1.54) is 11.3 Å². The summed E-state index contributed by atoms with van der Waals surface area (Å²) in [5.74, 6) is -0.0608. The zero-order valence-electron chi connectivity index (χ0n) is 7.20. The summed E-state index contributed by atoms with van der Waals surface area (Å²) in [7, 11) is 0. The Labute approximate surface area is 79.7 Å². The van der Waals surface area contributed by atoms with Crippen LogP contribution in [0.3, 0.4) is 0 Å². The zero-order valence-corrected chi connectivity index (χ0v) is 8.02. The molecule has 0 saturated carbocycles. The third-order valence-electron chi connectivity index (χ3n) is 2.09. The van der Waals surface area contributed by atoms with Gasteiger partial charge in [0.2, 0.25) is 5.78 Å². The molecule has 1 aliphatic carbocycles. The van der Waals surface area contributed by atoms with Gasteiger partial charge in [-0.1, -0.05) is 0 Å². The fraction of sp³-hybridized carbons (Fsp3) is 0.333. The van der Waals surface area contributed by atoms with Gasteiger partial charge in [-0.15, -0.1) is 11.3 Å². The molecule has 1 aliphatic rings. The van der Waals surface area contributed by atoms with Gasteiger partial charge in [0.05, 0.1) is 21.8 Å². The molecule has 4 heteroatoms. The van der Waals surface area contributed by atoms with Crippen LogP contribution >= 0.6 is 11.3 Å². The highest BCUT2D eigenvalue weighted by Gasteiger charge is 2.25. The molecule has 2 rings (SSSR count). The number of ketones is 1. The highest BCUT2D eigenvalue weighted by Crippen LogP contribution is 2.28. The maximum Gasteiger partial charge on any atom is 0.203 e. The molecule has 13 heavy (non-hydrogen) atoms. The van der Waals surface area contributed by atoms with Crippen molar-refractivity contribution in [2.45, 2.75) is 19.8 Å². The van der Waals surface area contributed by atoms with Crippen molar-refractivity contribution in [3.8, 4) is 0 Å². The van der Waals surface area contributed by atoms with Gasteiger partial charge in [-0.25, -0.2) is 4.98 Å². The number of rotatable bonds is 0. The van der Waals surface area contributed by atoms with E-state index in [4.69, 9.17) is 5.11 Å². The Morgan fingerprint density at radius 3 is 3.00 bits per heavy atom. The number of fused-ring (bicyclic) bond motifs is 1. The summed E-state index contributed by atoms with van der Waals surface area (Å²) < 4.78 is 0. The maximum atomic E-state index is 11.6. The maximum absolute atomic E-state index is 11.6. The number of aromatic nitrogens is 1. The molecule has 1 heterocycles. The SMILES string of the molecule is Cc1nc2c(s1)C(=O)/C(=C/O)CC2. The van der Waals surface area contributed by atoms with Gasteiger partial charge >= 0.3 is 0 Å². The van der Waals surface area contributed by atoms with Gasteiger partial charge in [-0.05, 0) is 19.8 Å². The molecular formula is C9H9NO2S. The number of aryl methyl sites for hydroxylation is 2. The molecule has 0 unspecified atom stereocenters. The number of aliphatic hydroxyl groups excluding tert-OH is 1. The molecule has 0 amide bonds. The summed E-state index contributed by atoms with van der Waals surface area (Å²) in [6.45, 7) is 1.89. The van der Waals surface area contributed by atoms with E-state index in [0.717, 1.165) is 23.4 Å². The van der Waals surface area contributed by atoms with Gasteiger partial charge in [-0.3, -0.25) is 4.79 Å². The van der Waals surface area contributed by atoms with Crippen molar-refractivity contribution in [3.63, 3.8) is 0 Å². The number of allylic oxidation sites excluding steroid dienone is 1. The number of thiazole rings is 1. The highest BCUT2D eigenvalue weighted by atomic mass is 32.1. The summed E-state index contributed by atoms with van der Waals surface area (Å²) in [6, 6.07) is 0. The lowest BCUT2D eigenvalue weighted by atomic mass is 9.97. The minimum atomic E-state index is -0.0608. The molecule has 0 bridgehead atoms. The van der Waals surface area contributed by atoms with Crippen LogP contribution in [-0.4, -0.2) is 15.9 Å². The minimum absolute atomic E-state index is 0.0608.